The molecule has 1 saturated heterocycles. The lowest BCUT2D eigenvalue weighted by atomic mass is 10.1. The van der Waals surface area contributed by atoms with Gasteiger partial charge in [0.2, 0.25) is 0 Å². The van der Waals surface area contributed by atoms with E-state index < -0.39 is 5.82 Å². The number of anilines is 1. The Labute approximate surface area is 172 Å². The average molecular weight is 415 g/mol. The summed E-state index contributed by atoms with van der Waals surface area (Å²) in [6, 6.07) is 9.78. The number of carbonyl (C=O) groups is 2. The summed E-state index contributed by atoms with van der Waals surface area (Å²) in [5.74, 6) is -0.467. The summed E-state index contributed by atoms with van der Waals surface area (Å²) in [7, 11) is 0. The molecule has 2 heterocycles. The first-order valence-electron chi connectivity index (χ1n) is 9.38. The van der Waals surface area contributed by atoms with Gasteiger partial charge in [-0.15, -0.1) is 0 Å². The molecule has 0 radical (unpaired) electrons. The second-order valence-corrected chi connectivity index (χ2v) is 7.63. The Kier molecular flexibility index (Phi) is 5.04. The van der Waals surface area contributed by atoms with Crippen LogP contribution in [0, 0.1) is 12.7 Å². The van der Waals surface area contributed by atoms with Crippen LogP contribution in [0.3, 0.4) is 0 Å². The number of amides is 1. The molecular formula is C22H20ClFN2O3. The molecule has 0 atom stereocenters. The largest absolute Gasteiger partial charge is 0.451 e. The van der Waals surface area contributed by atoms with Crippen LogP contribution in [0.25, 0.3) is 11.0 Å². The lowest BCUT2D eigenvalue weighted by molar-refractivity contribution is 0.0715. The highest BCUT2D eigenvalue weighted by atomic mass is 35.5. The van der Waals surface area contributed by atoms with E-state index >= 15 is 0 Å². The van der Waals surface area contributed by atoms with Crippen LogP contribution in [-0.4, -0.2) is 42.8 Å². The molecular weight excluding hydrogens is 395 g/mol. The lowest BCUT2D eigenvalue weighted by Crippen LogP contribution is -2.49. The fourth-order valence-electron chi connectivity index (χ4n) is 3.67. The van der Waals surface area contributed by atoms with Crippen LogP contribution in [0.5, 0.6) is 0 Å². The third-order valence-electron chi connectivity index (χ3n) is 5.35. The third-order valence-corrected chi connectivity index (χ3v) is 5.59. The number of piperazine rings is 1. The maximum Gasteiger partial charge on any atom is 0.290 e. The standard InChI is InChI=1S/C22H20ClFN2O3/c1-13-17-12-16(23)4-6-20(17)29-21(13)22(28)26-9-7-25(8-10-26)19-5-3-15(14(2)27)11-18(19)24/h3-6,11-12H,7-10H2,1-2H3. The monoisotopic (exact) mass is 414 g/mol. The highest BCUT2D eigenvalue weighted by Crippen LogP contribution is 2.29. The predicted molar refractivity (Wildman–Crippen MR) is 110 cm³/mol. The van der Waals surface area contributed by atoms with Gasteiger partial charge in [-0.25, -0.2) is 4.39 Å². The fraction of sp³-hybridized carbons (Fsp3) is 0.273. The number of aryl methyl sites for hydroxylation is 1. The normalized spacial score (nSPS) is 14.5. The van der Waals surface area contributed by atoms with Crippen molar-refractivity contribution in [2.75, 3.05) is 31.1 Å². The van der Waals surface area contributed by atoms with Crippen molar-refractivity contribution < 1.29 is 18.4 Å². The van der Waals surface area contributed by atoms with Crippen LogP contribution in [0.15, 0.2) is 40.8 Å². The number of nitrogens with zero attached hydrogens (tertiary/aromatic N) is 2. The van der Waals surface area contributed by atoms with E-state index in [1.807, 2.05) is 11.8 Å². The summed E-state index contributed by atoms with van der Waals surface area (Å²) in [5, 5.41) is 1.42. The Morgan fingerprint density at radius 1 is 1.07 bits per heavy atom. The summed E-state index contributed by atoms with van der Waals surface area (Å²) in [5.41, 5.74) is 2.18. The number of halogens is 2. The van der Waals surface area contributed by atoms with Crippen LogP contribution in [0.2, 0.25) is 5.02 Å². The van der Waals surface area contributed by atoms with Gasteiger partial charge < -0.3 is 14.2 Å². The molecule has 2 aromatic carbocycles. The van der Waals surface area contributed by atoms with E-state index in [0.29, 0.717) is 53.8 Å². The maximum atomic E-state index is 14.4. The minimum atomic E-state index is -0.428. The van der Waals surface area contributed by atoms with Crippen molar-refractivity contribution in [1.82, 2.24) is 4.90 Å². The van der Waals surface area contributed by atoms with Gasteiger partial charge in [0.05, 0.1) is 5.69 Å². The Morgan fingerprint density at radius 3 is 2.45 bits per heavy atom. The van der Waals surface area contributed by atoms with E-state index in [9.17, 15) is 14.0 Å². The summed E-state index contributed by atoms with van der Waals surface area (Å²) in [6.45, 7) is 5.14. The van der Waals surface area contributed by atoms with Gasteiger partial charge in [0, 0.05) is 47.7 Å². The summed E-state index contributed by atoms with van der Waals surface area (Å²) < 4.78 is 20.2. The van der Waals surface area contributed by atoms with Crippen LogP contribution in [0.1, 0.15) is 33.4 Å². The van der Waals surface area contributed by atoms with Gasteiger partial charge in [0.1, 0.15) is 11.4 Å². The molecule has 3 aromatic rings. The SMILES string of the molecule is CC(=O)c1ccc(N2CCN(C(=O)c3oc4ccc(Cl)cc4c3C)CC2)c(F)c1. The number of ketones is 1. The van der Waals surface area contributed by atoms with E-state index in [1.54, 1.807) is 35.2 Å². The first kappa shape index (κ1) is 19.5. The van der Waals surface area contributed by atoms with Gasteiger partial charge in [-0.05, 0) is 50.2 Å². The predicted octanol–water partition coefficient (Wildman–Crippen LogP) is 4.70. The molecule has 0 saturated carbocycles. The molecule has 1 amide bonds. The number of furan rings is 1. The second kappa shape index (κ2) is 7.52. The number of benzene rings is 2. The zero-order valence-electron chi connectivity index (χ0n) is 16.2. The van der Waals surface area contributed by atoms with Crippen molar-refractivity contribution in [3.63, 3.8) is 0 Å². The molecule has 5 nitrogen and oxygen atoms in total. The highest BCUT2D eigenvalue weighted by molar-refractivity contribution is 6.31. The molecule has 7 heteroatoms. The lowest BCUT2D eigenvalue weighted by Gasteiger charge is -2.36. The van der Waals surface area contributed by atoms with Crippen molar-refractivity contribution in [2.24, 2.45) is 0 Å². The van der Waals surface area contributed by atoms with E-state index in [2.05, 4.69) is 0 Å². The molecule has 1 aliphatic heterocycles. The Hall–Kier alpha value is -2.86. The van der Waals surface area contributed by atoms with Crippen LogP contribution < -0.4 is 4.90 Å². The second-order valence-electron chi connectivity index (χ2n) is 7.20. The smallest absolute Gasteiger partial charge is 0.290 e. The van der Waals surface area contributed by atoms with Crippen LogP contribution >= 0.6 is 11.6 Å². The fourth-order valence-corrected chi connectivity index (χ4v) is 3.85. The number of hydrogen-bond acceptors (Lipinski definition) is 4. The molecule has 1 aromatic heterocycles. The first-order valence-corrected chi connectivity index (χ1v) is 9.76. The first-order chi connectivity index (χ1) is 13.8. The summed E-state index contributed by atoms with van der Waals surface area (Å²) >= 11 is 6.05. The minimum Gasteiger partial charge on any atom is -0.451 e. The summed E-state index contributed by atoms with van der Waals surface area (Å²) in [6.07, 6.45) is 0. The van der Waals surface area contributed by atoms with Gasteiger partial charge in [0.25, 0.3) is 5.91 Å². The molecule has 1 aliphatic rings. The zero-order valence-corrected chi connectivity index (χ0v) is 16.9. The van der Waals surface area contributed by atoms with Crippen molar-refractivity contribution >= 4 is 39.9 Å². The van der Waals surface area contributed by atoms with Crippen LogP contribution in [0.4, 0.5) is 10.1 Å². The molecule has 0 bridgehead atoms. The number of carbonyl (C=O) groups excluding carboxylic acids is 2. The van der Waals surface area contributed by atoms with E-state index in [0.717, 1.165) is 10.9 Å². The van der Waals surface area contributed by atoms with Crippen LogP contribution in [-0.2, 0) is 0 Å². The minimum absolute atomic E-state index is 0.173. The van der Waals surface area contributed by atoms with E-state index in [-0.39, 0.29) is 11.7 Å². The number of rotatable bonds is 3. The van der Waals surface area contributed by atoms with Gasteiger partial charge in [-0.2, -0.15) is 0 Å². The molecule has 0 unspecified atom stereocenters. The molecule has 0 aliphatic carbocycles. The Bertz CT molecular complexity index is 1120. The van der Waals surface area contributed by atoms with Crippen molar-refractivity contribution in [1.29, 1.82) is 0 Å². The van der Waals surface area contributed by atoms with Gasteiger partial charge in [0.15, 0.2) is 11.5 Å². The van der Waals surface area contributed by atoms with Crippen molar-refractivity contribution in [3.05, 3.63) is 64.1 Å². The van der Waals surface area contributed by atoms with Gasteiger partial charge in [-0.1, -0.05) is 11.6 Å². The Balaban J connectivity index is 1.49. The maximum absolute atomic E-state index is 14.4. The van der Waals surface area contributed by atoms with Crippen molar-refractivity contribution in [3.8, 4) is 0 Å². The topological polar surface area (TPSA) is 53.8 Å². The molecule has 0 spiro atoms. The molecule has 150 valence electrons. The third kappa shape index (κ3) is 3.60. The molecule has 4 rings (SSSR count). The van der Waals surface area contributed by atoms with E-state index in [4.69, 9.17) is 16.0 Å². The number of hydrogen-bond donors (Lipinski definition) is 0. The Morgan fingerprint density at radius 2 is 1.79 bits per heavy atom. The quantitative estimate of drug-likeness (QED) is 0.583. The van der Waals surface area contributed by atoms with Gasteiger partial charge >= 0.3 is 0 Å². The number of fused-ring (bicyclic) bond motifs is 1. The molecule has 1 fully saturated rings. The van der Waals surface area contributed by atoms with Gasteiger partial charge in [-0.3, -0.25) is 9.59 Å². The average Bonchev–Trinajstić information content (AvgIpc) is 3.03. The highest BCUT2D eigenvalue weighted by Gasteiger charge is 2.27. The van der Waals surface area contributed by atoms with E-state index in [1.165, 1.54) is 13.0 Å². The number of Topliss-reactive ketones (excluding diaryl/α,β-unsaturated/α-hetero) is 1. The summed E-state index contributed by atoms with van der Waals surface area (Å²) in [4.78, 5) is 28.0. The zero-order chi connectivity index (χ0) is 20.7. The molecule has 0 N–H and O–H groups in total. The molecule has 29 heavy (non-hydrogen) atoms. The van der Waals surface area contributed by atoms with Crippen molar-refractivity contribution in [2.45, 2.75) is 13.8 Å².